The van der Waals surface area contributed by atoms with Gasteiger partial charge in [0.2, 0.25) is 5.95 Å². The van der Waals surface area contributed by atoms with E-state index in [1.54, 1.807) is 10.8 Å². The van der Waals surface area contributed by atoms with Gasteiger partial charge in [0.05, 0.1) is 11.8 Å². The van der Waals surface area contributed by atoms with Gasteiger partial charge >= 0.3 is 5.97 Å². The van der Waals surface area contributed by atoms with Crippen molar-refractivity contribution >= 4 is 35.0 Å². The first kappa shape index (κ1) is 12.8. The van der Waals surface area contributed by atoms with Crippen LogP contribution in [-0.2, 0) is 4.79 Å². The molecular weight excluding hydrogens is 274 g/mol. The quantitative estimate of drug-likeness (QED) is 0.792. The van der Waals surface area contributed by atoms with E-state index in [0.29, 0.717) is 5.16 Å². The van der Waals surface area contributed by atoms with Gasteiger partial charge in [-0.25, -0.2) is 4.98 Å². The lowest BCUT2D eigenvalue weighted by Gasteiger charge is -2.13. The van der Waals surface area contributed by atoms with E-state index in [1.165, 1.54) is 11.3 Å². The van der Waals surface area contributed by atoms with Crippen molar-refractivity contribution in [1.29, 1.82) is 0 Å². The molecule has 0 aliphatic rings. The summed E-state index contributed by atoms with van der Waals surface area (Å²) in [5, 5.41) is 19.6. The fourth-order valence-electron chi connectivity index (χ4n) is 1.43. The van der Waals surface area contributed by atoms with Crippen molar-refractivity contribution in [2.24, 2.45) is 0 Å². The maximum Gasteiger partial charge on any atom is 0.313 e. The highest BCUT2D eigenvalue weighted by atomic mass is 32.2. The number of nitrogens with two attached hydrogens (primary N) is 1. The van der Waals surface area contributed by atoms with E-state index >= 15 is 0 Å². The Morgan fingerprint density at radius 1 is 1.67 bits per heavy atom. The Bertz CT molecular complexity index is 539. The molecule has 0 bridgehead atoms. The van der Waals surface area contributed by atoms with Gasteiger partial charge in [-0.15, -0.1) is 21.5 Å². The van der Waals surface area contributed by atoms with Crippen LogP contribution in [0, 0.1) is 0 Å². The van der Waals surface area contributed by atoms with Crippen LogP contribution in [-0.4, -0.2) is 36.6 Å². The number of nitrogens with zero attached hydrogens (tertiary/aromatic N) is 4. The zero-order chi connectivity index (χ0) is 13.1. The summed E-state index contributed by atoms with van der Waals surface area (Å²) in [6.07, 6.45) is 1.71. The molecule has 1 unspecified atom stereocenters. The summed E-state index contributed by atoms with van der Waals surface area (Å²) in [6.45, 7) is 1.92. The summed E-state index contributed by atoms with van der Waals surface area (Å²) in [4.78, 5) is 14.8. The summed E-state index contributed by atoms with van der Waals surface area (Å²) in [6, 6.07) is -0.115. The third-order valence-corrected chi connectivity index (χ3v) is 4.09. The van der Waals surface area contributed by atoms with Crippen LogP contribution < -0.4 is 5.73 Å². The molecule has 0 saturated heterocycles. The van der Waals surface area contributed by atoms with Crippen LogP contribution in [0.5, 0.6) is 0 Å². The maximum atomic E-state index is 10.6. The third kappa shape index (κ3) is 2.62. The smallest absolute Gasteiger partial charge is 0.313 e. The van der Waals surface area contributed by atoms with Crippen molar-refractivity contribution in [3.63, 3.8) is 0 Å². The van der Waals surface area contributed by atoms with Crippen LogP contribution in [0.25, 0.3) is 0 Å². The highest BCUT2D eigenvalue weighted by Gasteiger charge is 2.19. The van der Waals surface area contributed by atoms with Crippen molar-refractivity contribution in [3.05, 3.63) is 16.6 Å². The Labute approximate surface area is 111 Å². The number of nitrogen functional groups attached to an aromatic ring is 1. The van der Waals surface area contributed by atoms with Gasteiger partial charge < -0.3 is 10.8 Å². The molecule has 18 heavy (non-hydrogen) atoms. The van der Waals surface area contributed by atoms with E-state index in [1.807, 2.05) is 12.3 Å². The standard InChI is InChI=1S/C9H11N5O2S2/c1-5(7-11-2-3-17-7)14-8(10)12-13-9(14)18-4-6(15)16/h2-3,5H,4H2,1H3,(H2,10,12)(H,15,16). The van der Waals surface area contributed by atoms with Crippen LogP contribution in [0.4, 0.5) is 5.95 Å². The zero-order valence-electron chi connectivity index (χ0n) is 9.48. The topological polar surface area (TPSA) is 107 Å². The average Bonchev–Trinajstić information content (AvgIpc) is 2.94. The summed E-state index contributed by atoms with van der Waals surface area (Å²) in [5.41, 5.74) is 5.76. The molecule has 2 rings (SSSR count). The SMILES string of the molecule is CC(c1nccs1)n1c(N)nnc1SCC(=O)O. The van der Waals surface area contributed by atoms with Gasteiger partial charge in [-0.2, -0.15) is 0 Å². The maximum absolute atomic E-state index is 10.6. The van der Waals surface area contributed by atoms with Gasteiger partial charge in [0.25, 0.3) is 0 Å². The van der Waals surface area contributed by atoms with Crippen LogP contribution in [0.2, 0.25) is 0 Å². The second-order valence-corrected chi connectivity index (χ2v) is 5.31. The Kier molecular flexibility index (Phi) is 3.82. The van der Waals surface area contributed by atoms with E-state index in [0.717, 1.165) is 16.8 Å². The number of carboxylic acids is 1. The van der Waals surface area contributed by atoms with E-state index in [2.05, 4.69) is 15.2 Å². The molecule has 0 radical (unpaired) electrons. The Morgan fingerprint density at radius 2 is 2.44 bits per heavy atom. The average molecular weight is 285 g/mol. The molecule has 0 amide bonds. The molecule has 0 spiro atoms. The molecule has 1 atom stereocenters. The van der Waals surface area contributed by atoms with Crippen molar-refractivity contribution in [2.45, 2.75) is 18.1 Å². The lowest BCUT2D eigenvalue weighted by molar-refractivity contribution is -0.133. The molecule has 0 saturated carbocycles. The van der Waals surface area contributed by atoms with Gasteiger partial charge in [-0.3, -0.25) is 9.36 Å². The Morgan fingerprint density at radius 3 is 3.06 bits per heavy atom. The number of carboxylic acid groups (broad SMARTS) is 1. The number of aromatic nitrogens is 4. The monoisotopic (exact) mass is 285 g/mol. The number of hydrogen-bond acceptors (Lipinski definition) is 7. The number of anilines is 1. The fourth-order valence-corrected chi connectivity index (χ4v) is 2.86. The van der Waals surface area contributed by atoms with E-state index in [9.17, 15) is 4.79 Å². The van der Waals surface area contributed by atoms with Gasteiger partial charge in [0.15, 0.2) is 5.16 Å². The molecule has 0 aliphatic heterocycles. The third-order valence-electron chi connectivity index (χ3n) is 2.21. The van der Waals surface area contributed by atoms with E-state index in [-0.39, 0.29) is 17.7 Å². The predicted molar refractivity (Wildman–Crippen MR) is 68.7 cm³/mol. The zero-order valence-corrected chi connectivity index (χ0v) is 11.1. The van der Waals surface area contributed by atoms with Crippen LogP contribution in [0.3, 0.4) is 0 Å². The van der Waals surface area contributed by atoms with Crippen LogP contribution >= 0.6 is 23.1 Å². The van der Waals surface area contributed by atoms with Crippen molar-refractivity contribution in [2.75, 3.05) is 11.5 Å². The van der Waals surface area contributed by atoms with Gasteiger partial charge in [-0.1, -0.05) is 11.8 Å². The van der Waals surface area contributed by atoms with Crippen molar-refractivity contribution in [1.82, 2.24) is 19.7 Å². The minimum absolute atomic E-state index is 0.0806. The molecule has 96 valence electrons. The molecule has 0 fully saturated rings. The first-order valence-corrected chi connectivity index (χ1v) is 6.90. The summed E-state index contributed by atoms with van der Waals surface area (Å²) < 4.78 is 1.69. The van der Waals surface area contributed by atoms with E-state index < -0.39 is 5.97 Å². The first-order chi connectivity index (χ1) is 8.59. The molecule has 7 nitrogen and oxygen atoms in total. The Balaban J connectivity index is 2.26. The number of thiazole rings is 1. The molecule has 0 aromatic carbocycles. The summed E-state index contributed by atoms with van der Waals surface area (Å²) >= 11 is 2.59. The first-order valence-electron chi connectivity index (χ1n) is 5.04. The predicted octanol–water partition coefficient (Wildman–Crippen LogP) is 1.10. The molecular formula is C9H11N5O2S2. The number of rotatable bonds is 5. The van der Waals surface area contributed by atoms with Crippen molar-refractivity contribution < 1.29 is 9.90 Å². The normalized spacial score (nSPS) is 12.5. The van der Waals surface area contributed by atoms with Gasteiger partial charge in [-0.05, 0) is 6.92 Å². The number of hydrogen-bond donors (Lipinski definition) is 2. The Hall–Kier alpha value is -1.61. The highest BCUT2D eigenvalue weighted by Crippen LogP contribution is 2.27. The highest BCUT2D eigenvalue weighted by molar-refractivity contribution is 7.99. The lowest BCUT2D eigenvalue weighted by Crippen LogP contribution is -2.12. The van der Waals surface area contributed by atoms with Gasteiger partial charge in [0, 0.05) is 11.6 Å². The largest absolute Gasteiger partial charge is 0.481 e. The fraction of sp³-hybridized carbons (Fsp3) is 0.333. The number of aliphatic carboxylic acids is 1. The van der Waals surface area contributed by atoms with Crippen LogP contribution in [0.1, 0.15) is 18.0 Å². The summed E-state index contributed by atoms with van der Waals surface area (Å²) in [5.74, 6) is -0.733. The second kappa shape index (κ2) is 5.36. The summed E-state index contributed by atoms with van der Waals surface area (Å²) in [7, 11) is 0. The molecule has 2 aromatic heterocycles. The molecule has 2 heterocycles. The number of carbonyl (C=O) groups is 1. The van der Waals surface area contributed by atoms with Crippen molar-refractivity contribution in [3.8, 4) is 0 Å². The number of thioether (sulfide) groups is 1. The van der Waals surface area contributed by atoms with E-state index in [4.69, 9.17) is 10.8 Å². The molecule has 9 heteroatoms. The molecule has 3 N–H and O–H groups in total. The molecule has 2 aromatic rings. The van der Waals surface area contributed by atoms with Crippen LogP contribution in [0.15, 0.2) is 16.7 Å². The minimum atomic E-state index is -0.907. The second-order valence-electron chi connectivity index (χ2n) is 3.44. The minimum Gasteiger partial charge on any atom is -0.481 e. The molecule has 0 aliphatic carbocycles. The lowest BCUT2D eigenvalue weighted by atomic mass is 10.3. The van der Waals surface area contributed by atoms with Gasteiger partial charge in [0.1, 0.15) is 5.01 Å².